The molecule has 0 aliphatic heterocycles. The van der Waals surface area contributed by atoms with E-state index in [1.54, 1.807) is 11.3 Å². The predicted octanol–water partition coefficient (Wildman–Crippen LogP) is 3.94. The summed E-state index contributed by atoms with van der Waals surface area (Å²) in [7, 11) is 0. The molecular weight excluding hydrogens is 254 g/mol. The molecule has 3 nitrogen and oxygen atoms in total. The third kappa shape index (κ3) is 4.18. The van der Waals surface area contributed by atoms with E-state index in [1.165, 1.54) is 35.9 Å². The molecular formula is C15H23N3S. The molecule has 0 saturated heterocycles. The van der Waals surface area contributed by atoms with Crippen LogP contribution in [0.5, 0.6) is 0 Å². The van der Waals surface area contributed by atoms with Gasteiger partial charge in [0, 0.05) is 12.6 Å². The zero-order chi connectivity index (χ0) is 13.7. The van der Waals surface area contributed by atoms with E-state index >= 15 is 0 Å². The van der Waals surface area contributed by atoms with Crippen LogP contribution in [0.3, 0.4) is 0 Å². The zero-order valence-electron chi connectivity index (χ0n) is 11.8. The van der Waals surface area contributed by atoms with Gasteiger partial charge in [0.05, 0.1) is 10.2 Å². The number of rotatable bonds is 7. The lowest BCUT2D eigenvalue weighted by Crippen LogP contribution is -2.25. The van der Waals surface area contributed by atoms with Crippen LogP contribution in [0.1, 0.15) is 45.1 Å². The average Bonchev–Trinajstić information content (AvgIpc) is 2.76. The molecule has 0 radical (unpaired) electrons. The van der Waals surface area contributed by atoms with E-state index in [2.05, 4.69) is 42.3 Å². The predicted molar refractivity (Wildman–Crippen MR) is 84.5 cm³/mol. The van der Waals surface area contributed by atoms with Gasteiger partial charge in [-0.1, -0.05) is 43.6 Å². The van der Waals surface area contributed by atoms with Gasteiger partial charge in [0.1, 0.15) is 0 Å². The van der Waals surface area contributed by atoms with Crippen molar-refractivity contribution in [2.75, 3.05) is 5.73 Å². The van der Waals surface area contributed by atoms with E-state index in [0.29, 0.717) is 11.2 Å². The van der Waals surface area contributed by atoms with Crippen LogP contribution in [-0.4, -0.2) is 11.0 Å². The molecule has 2 aromatic rings. The lowest BCUT2D eigenvalue weighted by atomic mass is 10.1. The Hall–Kier alpha value is -1.13. The van der Waals surface area contributed by atoms with Crippen molar-refractivity contribution in [1.82, 2.24) is 10.3 Å². The molecule has 19 heavy (non-hydrogen) atoms. The van der Waals surface area contributed by atoms with E-state index in [9.17, 15) is 0 Å². The molecule has 1 aromatic carbocycles. The number of unbranched alkanes of at least 4 members (excludes halogenated alkanes) is 2. The average molecular weight is 277 g/mol. The van der Waals surface area contributed by atoms with Gasteiger partial charge in [0.15, 0.2) is 5.13 Å². The normalized spacial score (nSPS) is 12.9. The maximum Gasteiger partial charge on any atom is 0.181 e. The number of aromatic nitrogens is 1. The van der Waals surface area contributed by atoms with Gasteiger partial charge in [-0.2, -0.15) is 0 Å². The van der Waals surface area contributed by atoms with Gasteiger partial charge in [-0.05, 0) is 31.0 Å². The Morgan fingerprint density at radius 2 is 2.21 bits per heavy atom. The molecule has 4 heteroatoms. The summed E-state index contributed by atoms with van der Waals surface area (Å²) in [6.45, 7) is 5.42. The first-order valence-corrected chi connectivity index (χ1v) is 7.89. The number of nitrogens with one attached hydrogen (secondary N) is 1. The SMILES string of the molecule is CCCCCC(C)NCc1ccc2nc(N)sc2c1. The number of anilines is 1. The Kier molecular flexibility index (Phi) is 5.16. The topological polar surface area (TPSA) is 50.9 Å². The maximum atomic E-state index is 5.72. The second-order valence-electron chi connectivity index (χ2n) is 5.13. The van der Waals surface area contributed by atoms with Crippen LogP contribution in [0.4, 0.5) is 5.13 Å². The van der Waals surface area contributed by atoms with Gasteiger partial charge >= 0.3 is 0 Å². The summed E-state index contributed by atoms with van der Waals surface area (Å²) in [6.07, 6.45) is 5.19. The number of hydrogen-bond acceptors (Lipinski definition) is 4. The molecule has 1 atom stereocenters. The van der Waals surface area contributed by atoms with Crippen LogP contribution < -0.4 is 11.1 Å². The minimum Gasteiger partial charge on any atom is -0.375 e. The molecule has 104 valence electrons. The fraction of sp³-hybridized carbons (Fsp3) is 0.533. The molecule has 0 aliphatic rings. The zero-order valence-corrected chi connectivity index (χ0v) is 12.6. The van der Waals surface area contributed by atoms with Crippen molar-refractivity contribution in [3.8, 4) is 0 Å². The van der Waals surface area contributed by atoms with Crippen LogP contribution in [0, 0.1) is 0 Å². The highest BCUT2D eigenvalue weighted by atomic mass is 32.1. The molecule has 0 amide bonds. The Morgan fingerprint density at radius 3 is 3.00 bits per heavy atom. The lowest BCUT2D eigenvalue weighted by molar-refractivity contribution is 0.487. The van der Waals surface area contributed by atoms with E-state index in [-0.39, 0.29) is 0 Å². The molecule has 0 aliphatic carbocycles. The number of hydrogen-bond donors (Lipinski definition) is 2. The number of nitrogens with two attached hydrogens (primary N) is 1. The van der Waals surface area contributed by atoms with E-state index in [1.807, 2.05) is 0 Å². The summed E-state index contributed by atoms with van der Waals surface area (Å²) in [6, 6.07) is 6.96. The van der Waals surface area contributed by atoms with Gasteiger partial charge in [0.2, 0.25) is 0 Å². The van der Waals surface area contributed by atoms with Crippen LogP contribution in [-0.2, 0) is 6.54 Å². The van der Waals surface area contributed by atoms with Gasteiger partial charge in [-0.3, -0.25) is 0 Å². The van der Waals surface area contributed by atoms with Crippen molar-refractivity contribution in [1.29, 1.82) is 0 Å². The second kappa shape index (κ2) is 6.87. The number of nitrogens with zero attached hydrogens (tertiary/aromatic N) is 1. The highest BCUT2D eigenvalue weighted by Crippen LogP contribution is 2.24. The Morgan fingerprint density at radius 1 is 1.37 bits per heavy atom. The lowest BCUT2D eigenvalue weighted by Gasteiger charge is -2.13. The van der Waals surface area contributed by atoms with Gasteiger partial charge in [0.25, 0.3) is 0 Å². The molecule has 1 heterocycles. The van der Waals surface area contributed by atoms with Crippen LogP contribution in [0.15, 0.2) is 18.2 Å². The maximum absolute atomic E-state index is 5.72. The summed E-state index contributed by atoms with van der Waals surface area (Å²) >= 11 is 1.56. The van der Waals surface area contributed by atoms with Crippen molar-refractivity contribution in [3.05, 3.63) is 23.8 Å². The molecule has 0 bridgehead atoms. The third-order valence-corrected chi connectivity index (χ3v) is 4.21. The number of thiazole rings is 1. The minimum absolute atomic E-state index is 0.578. The molecule has 0 spiro atoms. The first-order chi connectivity index (χ1) is 9.19. The van der Waals surface area contributed by atoms with Crippen molar-refractivity contribution >= 4 is 26.7 Å². The number of fused-ring (bicyclic) bond motifs is 1. The molecule has 0 saturated carbocycles. The molecule has 1 unspecified atom stereocenters. The Bertz CT molecular complexity index is 521. The minimum atomic E-state index is 0.578. The van der Waals surface area contributed by atoms with Crippen molar-refractivity contribution in [2.24, 2.45) is 0 Å². The highest BCUT2D eigenvalue weighted by molar-refractivity contribution is 7.22. The molecule has 3 N–H and O–H groups in total. The van der Waals surface area contributed by atoms with Gasteiger partial charge in [-0.15, -0.1) is 0 Å². The first-order valence-electron chi connectivity index (χ1n) is 7.07. The quantitative estimate of drug-likeness (QED) is 0.754. The molecule has 2 rings (SSSR count). The Balaban J connectivity index is 1.87. The fourth-order valence-corrected chi connectivity index (χ4v) is 2.99. The summed E-state index contributed by atoms with van der Waals surface area (Å²) in [5.74, 6) is 0. The molecule has 1 aromatic heterocycles. The van der Waals surface area contributed by atoms with E-state index in [4.69, 9.17) is 5.73 Å². The van der Waals surface area contributed by atoms with E-state index in [0.717, 1.165) is 12.1 Å². The van der Waals surface area contributed by atoms with E-state index < -0.39 is 0 Å². The number of benzene rings is 1. The van der Waals surface area contributed by atoms with Crippen molar-refractivity contribution < 1.29 is 0 Å². The van der Waals surface area contributed by atoms with Crippen LogP contribution in [0.2, 0.25) is 0 Å². The van der Waals surface area contributed by atoms with Gasteiger partial charge < -0.3 is 11.1 Å². The fourth-order valence-electron chi connectivity index (χ4n) is 2.19. The smallest absolute Gasteiger partial charge is 0.181 e. The monoisotopic (exact) mass is 277 g/mol. The summed E-state index contributed by atoms with van der Waals surface area (Å²) in [5, 5.41) is 4.23. The van der Waals surface area contributed by atoms with Crippen LogP contribution >= 0.6 is 11.3 Å². The Labute approximate surface area is 119 Å². The van der Waals surface area contributed by atoms with Crippen molar-refractivity contribution in [2.45, 2.75) is 52.1 Å². The van der Waals surface area contributed by atoms with Crippen molar-refractivity contribution in [3.63, 3.8) is 0 Å². The summed E-state index contributed by atoms with van der Waals surface area (Å²) in [4.78, 5) is 4.28. The first kappa shape index (κ1) is 14.3. The highest BCUT2D eigenvalue weighted by Gasteiger charge is 2.04. The largest absolute Gasteiger partial charge is 0.375 e. The summed E-state index contributed by atoms with van der Waals surface area (Å²) in [5.41, 5.74) is 8.03. The van der Waals surface area contributed by atoms with Gasteiger partial charge in [-0.25, -0.2) is 4.98 Å². The molecule has 0 fully saturated rings. The second-order valence-corrected chi connectivity index (χ2v) is 6.19. The summed E-state index contributed by atoms with van der Waals surface area (Å²) < 4.78 is 1.18. The standard InChI is InChI=1S/C15H23N3S/c1-3-4-5-6-11(2)17-10-12-7-8-13-14(9-12)19-15(16)18-13/h7-9,11,17H,3-6,10H2,1-2H3,(H2,16,18). The number of nitrogen functional groups attached to an aromatic ring is 1. The third-order valence-electron chi connectivity index (χ3n) is 3.36. The van der Waals surface area contributed by atoms with Crippen LogP contribution in [0.25, 0.3) is 10.2 Å².